The molecule has 1 aliphatic rings. The Hall–Kier alpha value is -3.08. The van der Waals surface area contributed by atoms with Crippen molar-refractivity contribution in [1.82, 2.24) is 0 Å². The van der Waals surface area contributed by atoms with Crippen molar-refractivity contribution in [3.05, 3.63) is 37.5 Å². The Morgan fingerprint density at radius 1 is 0.882 bits per heavy atom. The smallest absolute Gasteiger partial charge is 0.373 e. The van der Waals surface area contributed by atoms with Crippen molar-refractivity contribution < 1.29 is 38.2 Å². The summed E-state index contributed by atoms with van der Waals surface area (Å²) in [6.07, 6.45) is 12.8. The molecule has 0 aromatic heterocycles. The van der Waals surface area contributed by atoms with Gasteiger partial charge in [-0.15, -0.1) is 13.2 Å². The summed E-state index contributed by atoms with van der Waals surface area (Å²) in [5.41, 5.74) is -0.671. The number of rotatable bonds is 10. The molecule has 1 aliphatic carbocycles. The van der Waals surface area contributed by atoms with Crippen LogP contribution >= 0.6 is 0 Å². The van der Waals surface area contributed by atoms with Gasteiger partial charge in [0.05, 0.1) is 24.0 Å². The van der Waals surface area contributed by atoms with Crippen LogP contribution in [-0.2, 0) is 38.2 Å². The minimum atomic E-state index is -0.445. The Kier molecular flexibility index (Phi) is 29.4. The maximum absolute atomic E-state index is 11.8. The standard InChI is InChI=1S/C12H20O2.C10H16O2.C2H6.2CO2/c1-5-9-12(7-3,10-6-2)11(13)14-8-4;1-3-10(7-5-6-8-10)9(11)12-4-2;1-2;2*2-1-3/h5-6H,1-2,7-10H2,3-4H3;5-6H,3-4,7-8H2,1-2H3;1-2H3;;. The zero-order valence-corrected chi connectivity index (χ0v) is 21.6. The van der Waals surface area contributed by atoms with Crippen LogP contribution in [0.3, 0.4) is 0 Å². The number of esters is 2. The monoisotopic (exact) mass is 482 g/mol. The molecule has 0 fully saturated rings. The fourth-order valence-electron chi connectivity index (χ4n) is 3.10. The molecule has 0 bridgehead atoms. The van der Waals surface area contributed by atoms with E-state index in [2.05, 4.69) is 25.3 Å². The van der Waals surface area contributed by atoms with E-state index in [0.29, 0.717) is 26.1 Å². The van der Waals surface area contributed by atoms with Crippen LogP contribution in [0, 0.1) is 10.8 Å². The van der Waals surface area contributed by atoms with Gasteiger partial charge in [-0.05, 0) is 52.4 Å². The third-order valence-electron chi connectivity index (χ3n) is 5.02. The second-order valence-electron chi connectivity index (χ2n) is 6.74. The minimum absolute atomic E-state index is 0.0301. The van der Waals surface area contributed by atoms with E-state index in [1.165, 1.54) is 0 Å². The van der Waals surface area contributed by atoms with Crippen LogP contribution in [0.15, 0.2) is 37.5 Å². The largest absolute Gasteiger partial charge is 0.466 e. The molecule has 34 heavy (non-hydrogen) atoms. The van der Waals surface area contributed by atoms with E-state index < -0.39 is 5.41 Å². The van der Waals surface area contributed by atoms with Crippen molar-refractivity contribution in [2.75, 3.05) is 13.2 Å². The quantitative estimate of drug-likeness (QED) is 0.306. The van der Waals surface area contributed by atoms with Crippen molar-refractivity contribution in [3.8, 4) is 0 Å². The van der Waals surface area contributed by atoms with Crippen molar-refractivity contribution in [1.29, 1.82) is 0 Å². The van der Waals surface area contributed by atoms with Gasteiger partial charge in [-0.25, -0.2) is 0 Å². The van der Waals surface area contributed by atoms with Crippen LogP contribution in [0.4, 0.5) is 0 Å². The predicted molar refractivity (Wildman–Crippen MR) is 128 cm³/mol. The second-order valence-corrected chi connectivity index (χ2v) is 6.74. The van der Waals surface area contributed by atoms with Crippen molar-refractivity contribution in [2.24, 2.45) is 10.8 Å². The zero-order chi connectivity index (χ0) is 27.5. The lowest BCUT2D eigenvalue weighted by Crippen LogP contribution is -2.31. The Balaban J connectivity index is -0.000000203. The maximum Gasteiger partial charge on any atom is 0.373 e. The van der Waals surface area contributed by atoms with Crippen LogP contribution < -0.4 is 0 Å². The summed E-state index contributed by atoms with van der Waals surface area (Å²) < 4.78 is 10.1. The summed E-state index contributed by atoms with van der Waals surface area (Å²) in [6, 6.07) is 0. The van der Waals surface area contributed by atoms with E-state index in [-0.39, 0.29) is 29.7 Å². The number of allylic oxidation sites excluding steroid dienone is 4. The summed E-state index contributed by atoms with van der Waals surface area (Å²) in [5, 5.41) is 0. The van der Waals surface area contributed by atoms with E-state index in [1.807, 2.05) is 41.5 Å². The molecule has 0 aliphatic heterocycles. The normalized spacial score (nSPS) is 11.9. The van der Waals surface area contributed by atoms with E-state index in [1.54, 1.807) is 12.2 Å². The molecule has 0 aromatic carbocycles. The lowest BCUT2D eigenvalue weighted by molar-refractivity contribution is -0.193. The van der Waals surface area contributed by atoms with Gasteiger partial charge in [0.25, 0.3) is 0 Å². The zero-order valence-electron chi connectivity index (χ0n) is 21.6. The highest BCUT2D eigenvalue weighted by Crippen LogP contribution is 2.37. The van der Waals surface area contributed by atoms with Crippen LogP contribution in [0.2, 0.25) is 0 Å². The second kappa shape index (κ2) is 26.2. The molecule has 0 saturated carbocycles. The van der Waals surface area contributed by atoms with Gasteiger partial charge < -0.3 is 9.47 Å². The highest BCUT2D eigenvalue weighted by Gasteiger charge is 2.38. The first-order valence-corrected chi connectivity index (χ1v) is 11.4. The first kappa shape index (κ1) is 38.2. The Labute approximate surface area is 204 Å². The topological polar surface area (TPSA) is 121 Å². The maximum atomic E-state index is 11.8. The van der Waals surface area contributed by atoms with Gasteiger partial charge in [-0.2, -0.15) is 19.2 Å². The molecule has 0 unspecified atom stereocenters. The molecule has 0 aromatic rings. The number of hydrogen-bond acceptors (Lipinski definition) is 8. The molecule has 8 nitrogen and oxygen atoms in total. The fraction of sp³-hybridized carbons (Fsp3) is 0.615. The molecular formula is C26H42O8. The summed E-state index contributed by atoms with van der Waals surface area (Å²) in [5.74, 6) is -0.167. The van der Waals surface area contributed by atoms with Gasteiger partial charge in [-0.3, -0.25) is 9.59 Å². The molecule has 8 heteroatoms. The molecular weight excluding hydrogens is 440 g/mol. The highest BCUT2D eigenvalue weighted by atomic mass is 16.5. The summed E-state index contributed by atoms with van der Waals surface area (Å²) in [4.78, 5) is 55.8. The number of carbonyl (C=O) groups is 2. The van der Waals surface area contributed by atoms with Gasteiger partial charge in [-0.1, -0.05) is 52.0 Å². The lowest BCUT2D eigenvalue weighted by atomic mass is 9.79. The van der Waals surface area contributed by atoms with Crippen LogP contribution in [-0.4, -0.2) is 37.5 Å². The van der Waals surface area contributed by atoms with Crippen molar-refractivity contribution >= 4 is 24.2 Å². The van der Waals surface area contributed by atoms with E-state index in [9.17, 15) is 9.59 Å². The predicted octanol–water partition coefficient (Wildman–Crippen LogP) is 5.25. The van der Waals surface area contributed by atoms with Crippen LogP contribution in [0.5, 0.6) is 0 Å². The van der Waals surface area contributed by atoms with Crippen molar-refractivity contribution in [2.45, 2.75) is 80.1 Å². The third kappa shape index (κ3) is 15.7. The van der Waals surface area contributed by atoms with Gasteiger partial charge in [0.2, 0.25) is 0 Å². The Bertz CT molecular complexity index is 622. The number of carbonyl (C=O) groups excluding carboxylic acids is 6. The van der Waals surface area contributed by atoms with E-state index in [4.69, 9.17) is 28.7 Å². The van der Waals surface area contributed by atoms with Gasteiger partial charge in [0.15, 0.2) is 0 Å². The number of ether oxygens (including phenoxy) is 2. The summed E-state index contributed by atoms with van der Waals surface area (Å²) in [6.45, 7) is 20.0. The van der Waals surface area contributed by atoms with Gasteiger partial charge in [0.1, 0.15) is 0 Å². The molecule has 0 radical (unpaired) electrons. The Morgan fingerprint density at radius 2 is 1.26 bits per heavy atom. The molecule has 0 atom stereocenters. The summed E-state index contributed by atoms with van der Waals surface area (Å²) >= 11 is 0. The van der Waals surface area contributed by atoms with E-state index in [0.717, 1.165) is 25.7 Å². The average molecular weight is 483 g/mol. The molecule has 0 amide bonds. The van der Waals surface area contributed by atoms with Crippen molar-refractivity contribution in [3.63, 3.8) is 0 Å². The van der Waals surface area contributed by atoms with Gasteiger partial charge in [0, 0.05) is 0 Å². The van der Waals surface area contributed by atoms with E-state index >= 15 is 0 Å². The number of hydrogen-bond donors (Lipinski definition) is 0. The SMILES string of the molecule is C=CCC(CC)(CC=C)C(=O)OCC.CC.CCOC(=O)C1(CC)CC=CC1.O=C=O.O=C=O. The first-order chi connectivity index (χ1) is 16.2. The lowest BCUT2D eigenvalue weighted by Gasteiger charge is -2.27. The fourth-order valence-corrected chi connectivity index (χ4v) is 3.10. The summed E-state index contributed by atoms with van der Waals surface area (Å²) in [7, 11) is 0. The van der Waals surface area contributed by atoms with Gasteiger partial charge >= 0.3 is 24.2 Å². The van der Waals surface area contributed by atoms with Crippen LogP contribution in [0.1, 0.15) is 80.1 Å². The highest BCUT2D eigenvalue weighted by molar-refractivity contribution is 5.78. The average Bonchev–Trinajstić information content (AvgIpc) is 3.33. The van der Waals surface area contributed by atoms with Crippen LogP contribution in [0.25, 0.3) is 0 Å². The molecule has 0 spiro atoms. The minimum Gasteiger partial charge on any atom is -0.466 e. The molecule has 0 saturated heterocycles. The molecule has 0 heterocycles. The first-order valence-electron chi connectivity index (χ1n) is 11.4. The molecule has 1 rings (SSSR count). The molecule has 194 valence electrons. The third-order valence-corrected chi connectivity index (χ3v) is 5.02. The Morgan fingerprint density at radius 3 is 1.53 bits per heavy atom. The molecule has 0 N–H and O–H groups in total.